The summed E-state index contributed by atoms with van der Waals surface area (Å²) in [5.41, 5.74) is -0.850. The molecule has 0 unspecified atom stereocenters. The predicted molar refractivity (Wildman–Crippen MR) is 57.9 cm³/mol. The van der Waals surface area contributed by atoms with Crippen molar-refractivity contribution in [2.45, 2.75) is 45.6 Å². The van der Waals surface area contributed by atoms with Crippen molar-refractivity contribution in [1.82, 2.24) is 4.90 Å². The van der Waals surface area contributed by atoms with Crippen LogP contribution in [0, 0.1) is 5.41 Å². The monoisotopic (exact) mass is 215 g/mol. The lowest BCUT2D eigenvalue weighted by atomic mass is 9.68. The van der Waals surface area contributed by atoms with E-state index in [1.165, 1.54) is 4.90 Å². The van der Waals surface area contributed by atoms with E-state index in [0.717, 1.165) is 19.3 Å². The Hall–Kier alpha value is -0.770. The number of aliphatic hydroxyl groups excluding tert-OH is 1. The largest absolute Gasteiger partial charge is 0.465 e. The summed E-state index contributed by atoms with van der Waals surface area (Å²) < 4.78 is 0. The minimum absolute atomic E-state index is 0.0944. The summed E-state index contributed by atoms with van der Waals surface area (Å²) in [7, 11) is 0. The van der Waals surface area contributed by atoms with Crippen molar-refractivity contribution in [3.63, 3.8) is 0 Å². The third kappa shape index (κ3) is 1.95. The van der Waals surface area contributed by atoms with E-state index in [1.807, 2.05) is 20.8 Å². The van der Waals surface area contributed by atoms with Gasteiger partial charge in [-0.2, -0.15) is 0 Å². The van der Waals surface area contributed by atoms with Crippen LogP contribution in [-0.2, 0) is 0 Å². The average Bonchev–Trinajstić information content (AvgIpc) is 2.15. The topological polar surface area (TPSA) is 60.8 Å². The molecule has 1 amide bonds. The van der Waals surface area contributed by atoms with Crippen molar-refractivity contribution in [2.75, 3.05) is 13.2 Å². The summed E-state index contributed by atoms with van der Waals surface area (Å²) in [6.07, 6.45) is 1.71. The highest BCUT2D eigenvalue weighted by Crippen LogP contribution is 2.42. The van der Waals surface area contributed by atoms with Gasteiger partial charge in [-0.25, -0.2) is 4.79 Å². The third-order valence-electron chi connectivity index (χ3n) is 3.63. The van der Waals surface area contributed by atoms with E-state index in [2.05, 4.69) is 0 Å². The van der Waals surface area contributed by atoms with Gasteiger partial charge in [0.05, 0.1) is 12.1 Å². The fourth-order valence-corrected chi connectivity index (χ4v) is 2.50. The highest BCUT2D eigenvalue weighted by atomic mass is 16.4. The van der Waals surface area contributed by atoms with Crippen LogP contribution < -0.4 is 0 Å². The summed E-state index contributed by atoms with van der Waals surface area (Å²) in [6.45, 7) is 6.41. The Balaban J connectivity index is 3.07. The molecule has 0 saturated carbocycles. The zero-order valence-electron chi connectivity index (χ0n) is 9.79. The van der Waals surface area contributed by atoms with Gasteiger partial charge in [0, 0.05) is 6.54 Å². The highest BCUT2D eigenvalue weighted by molar-refractivity contribution is 5.66. The minimum atomic E-state index is -0.918. The van der Waals surface area contributed by atoms with Crippen LogP contribution in [0.3, 0.4) is 0 Å². The first-order chi connectivity index (χ1) is 6.85. The zero-order valence-corrected chi connectivity index (χ0v) is 9.79. The Bertz CT molecular complexity index is 247. The fourth-order valence-electron chi connectivity index (χ4n) is 2.50. The number of carboxylic acid groups (broad SMARTS) is 1. The first-order valence-electron chi connectivity index (χ1n) is 5.46. The van der Waals surface area contributed by atoms with Crippen LogP contribution in [-0.4, -0.2) is 39.9 Å². The number of aliphatic hydroxyl groups is 1. The van der Waals surface area contributed by atoms with Gasteiger partial charge in [-0.05, 0) is 24.7 Å². The van der Waals surface area contributed by atoms with Gasteiger partial charge >= 0.3 is 6.09 Å². The highest BCUT2D eigenvalue weighted by Gasteiger charge is 2.49. The lowest BCUT2D eigenvalue weighted by Crippen LogP contribution is -2.63. The van der Waals surface area contributed by atoms with Gasteiger partial charge in [-0.1, -0.05) is 20.8 Å². The molecule has 88 valence electrons. The third-order valence-corrected chi connectivity index (χ3v) is 3.63. The van der Waals surface area contributed by atoms with Gasteiger partial charge < -0.3 is 10.2 Å². The molecule has 1 rings (SSSR count). The molecule has 0 aromatic carbocycles. The predicted octanol–water partition coefficient (Wildman–Crippen LogP) is 1.93. The first-order valence-corrected chi connectivity index (χ1v) is 5.46. The molecule has 0 bridgehead atoms. The smallest absolute Gasteiger partial charge is 0.407 e. The molecule has 0 aromatic heterocycles. The average molecular weight is 215 g/mol. The van der Waals surface area contributed by atoms with E-state index < -0.39 is 11.6 Å². The molecule has 1 saturated heterocycles. The molecule has 0 radical (unpaired) electrons. The minimum Gasteiger partial charge on any atom is -0.465 e. The van der Waals surface area contributed by atoms with Crippen molar-refractivity contribution in [3.05, 3.63) is 0 Å². The Labute approximate surface area is 90.9 Å². The summed E-state index contributed by atoms with van der Waals surface area (Å²) in [5.74, 6) is 0. The van der Waals surface area contributed by atoms with Crippen molar-refractivity contribution < 1.29 is 15.0 Å². The maximum atomic E-state index is 11.2. The SMILES string of the molecule is CC(C)(C)[C@]1(CO)CCCCN1C(=O)O. The van der Waals surface area contributed by atoms with Crippen molar-refractivity contribution in [2.24, 2.45) is 5.41 Å². The number of likely N-dealkylation sites (tertiary alicyclic amines) is 1. The Kier molecular flexibility index (Phi) is 3.28. The standard InChI is InChI=1S/C11H21NO3/c1-10(2,3)11(8-13)6-4-5-7-12(11)9(14)15/h13H,4-8H2,1-3H3,(H,14,15)/t11-/m1/s1. The lowest BCUT2D eigenvalue weighted by Gasteiger charge is -2.52. The molecule has 2 N–H and O–H groups in total. The Morgan fingerprint density at radius 3 is 2.33 bits per heavy atom. The summed E-state index contributed by atoms with van der Waals surface area (Å²) in [4.78, 5) is 12.6. The number of piperidine rings is 1. The van der Waals surface area contributed by atoms with E-state index in [4.69, 9.17) is 0 Å². The summed E-state index contributed by atoms with van der Waals surface area (Å²) in [5, 5.41) is 18.8. The molecule has 1 atom stereocenters. The van der Waals surface area contributed by atoms with Gasteiger partial charge in [0.2, 0.25) is 0 Å². The van der Waals surface area contributed by atoms with Crippen LogP contribution in [0.25, 0.3) is 0 Å². The van der Waals surface area contributed by atoms with Gasteiger partial charge in [0.1, 0.15) is 0 Å². The molecule has 0 spiro atoms. The molecule has 4 nitrogen and oxygen atoms in total. The molecule has 1 aliphatic heterocycles. The number of carbonyl (C=O) groups is 1. The molecule has 0 aliphatic carbocycles. The maximum Gasteiger partial charge on any atom is 0.407 e. The maximum absolute atomic E-state index is 11.2. The molecule has 4 heteroatoms. The van der Waals surface area contributed by atoms with Crippen molar-refractivity contribution in [3.8, 4) is 0 Å². The zero-order chi connectivity index (χ0) is 11.7. The Morgan fingerprint density at radius 2 is 2.00 bits per heavy atom. The van der Waals surface area contributed by atoms with E-state index in [0.29, 0.717) is 6.54 Å². The van der Waals surface area contributed by atoms with Gasteiger partial charge in [0.25, 0.3) is 0 Å². The fraction of sp³-hybridized carbons (Fsp3) is 0.909. The second kappa shape index (κ2) is 4.00. The van der Waals surface area contributed by atoms with Crippen LogP contribution >= 0.6 is 0 Å². The van der Waals surface area contributed by atoms with Crippen LogP contribution in [0.1, 0.15) is 40.0 Å². The summed E-state index contributed by atoms with van der Waals surface area (Å²) in [6, 6.07) is 0. The van der Waals surface area contributed by atoms with Gasteiger partial charge in [-0.3, -0.25) is 4.90 Å². The molecule has 1 heterocycles. The molecular weight excluding hydrogens is 194 g/mol. The molecular formula is C11H21NO3. The van der Waals surface area contributed by atoms with Crippen LogP contribution in [0.15, 0.2) is 0 Å². The van der Waals surface area contributed by atoms with Crippen LogP contribution in [0.2, 0.25) is 0 Å². The van der Waals surface area contributed by atoms with Crippen LogP contribution in [0.5, 0.6) is 0 Å². The first kappa shape index (κ1) is 12.3. The number of hydrogen-bond donors (Lipinski definition) is 2. The van der Waals surface area contributed by atoms with E-state index in [-0.39, 0.29) is 12.0 Å². The Morgan fingerprint density at radius 1 is 1.40 bits per heavy atom. The van der Waals surface area contributed by atoms with Crippen molar-refractivity contribution >= 4 is 6.09 Å². The molecule has 0 aromatic rings. The van der Waals surface area contributed by atoms with E-state index in [9.17, 15) is 15.0 Å². The van der Waals surface area contributed by atoms with E-state index in [1.54, 1.807) is 0 Å². The number of hydrogen-bond acceptors (Lipinski definition) is 2. The number of amides is 1. The van der Waals surface area contributed by atoms with Crippen LogP contribution in [0.4, 0.5) is 4.79 Å². The van der Waals surface area contributed by atoms with Crippen molar-refractivity contribution in [1.29, 1.82) is 0 Å². The second-order valence-electron chi connectivity index (χ2n) is 5.33. The van der Waals surface area contributed by atoms with Gasteiger partial charge in [-0.15, -0.1) is 0 Å². The number of nitrogens with zero attached hydrogens (tertiary/aromatic N) is 1. The molecule has 1 fully saturated rings. The van der Waals surface area contributed by atoms with E-state index >= 15 is 0 Å². The normalized spacial score (nSPS) is 27.9. The number of rotatable bonds is 1. The van der Waals surface area contributed by atoms with Gasteiger partial charge in [0.15, 0.2) is 0 Å². The quantitative estimate of drug-likeness (QED) is 0.702. The second-order valence-corrected chi connectivity index (χ2v) is 5.33. The summed E-state index contributed by atoms with van der Waals surface area (Å²) >= 11 is 0. The molecule has 1 aliphatic rings. The lowest BCUT2D eigenvalue weighted by molar-refractivity contribution is -0.0588. The molecule has 15 heavy (non-hydrogen) atoms.